The lowest BCUT2D eigenvalue weighted by Gasteiger charge is -2.01. The standard InChI is InChI=1S/C15H20/c1-12(2)6-5-7-14(4)15-10-8-13(3)9-11-15/h6-11H,5H2,1-4H3. The highest BCUT2D eigenvalue weighted by Gasteiger charge is 1.93. The molecule has 0 aliphatic heterocycles. The Morgan fingerprint density at radius 1 is 1.00 bits per heavy atom. The third-order valence-corrected chi connectivity index (χ3v) is 2.46. The molecule has 0 atom stereocenters. The van der Waals surface area contributed by atoms with Gasteiger partial charge in [0.2, 0.25) is 0 Å². The summed E-state index contributed by atoms with van der Waals surface area (Å²) in [7, 11) is 0. The van der Waals surface area contributed by atoms with Crippen LogP contribution in [-0.2, 0) is 0 Å². The van der Waals surface area contributed by atoms with Gasteiger partial charge in [0.25, 0.3) is 0 Å². The summed E-state index contributed by atoms with van der Waals surface area (Å²) >= 11 is 0. The Kier molecular flexibility index (Phi) is 4.36. The molecular weight excluding hydrogens is 180 g/mol. The van der Waals surface area contributed by atoms with Crippen molar-refractivity contribution in [3.8, 4) is 0 Å². The topological polar surface area (TPSA) is 0 Å². The maximum absolute atomic E-state index is 2.28. The van der Waals surface area contributed by atoms with Crippen LogP contribution in [0.25, 0.3) is 5.57 Å². The summed E-state index contributed by atoms with van der Waals surface area (Å²) < 4.78 is 0. The van der Waals surface area contributed by atoms with Gasteiger partial charge in [0, 0.05) is 0 Å². The summed E-state index contributed by atoms with van der Waals surface area (Å²) in [4.78, 5) is 0. The van der Waals surface area contributed by atoms with E-state index in [0.717, 1.165) is 6.42 Å². The van der Waals surface area contributed by atoms with Crippen molar-refractivity contribution in [1.82, 2.24) is 0 Å². The first-order chi connectivity index (χ1) is 7.09. The average molecular weight is 200 g/mol. The molecule has 0 bridgehead atoms. The number of benzene rings is 1. The van der Waals surface area contributed by atoms with Gasteiger partial charge in [-0.1, -0.05) is 47.6 Å². The molecule has 0 spiro atoms. The van der Waals surface area contributed by atoms with Crippen LogP contribution in [0.5, 0.6) is 0 Å². The van der Waals surface area contributed by atoms with Crippen LogP contribution in [0.4, 0.5) is 0 Å². The van der Waals surface area contributed by atoms with Gasteiger partial charge in [0.05, 0.1) is 0 Å². The van der Waals surface area contributed by atoms with E-state index < -0.39 is 0 Å². The second-order valence-electron chi connectivity index (χ2n) is 4.27. The van der Waals surface area contributed by atoms with Crippen molar-refractivity contribution in [3.63, 3.8) is 0 Å². The predicted octanol–water partition coefficient (Wildman–Crippen LogP) is 4.75. The smallest absolute Gasteiger partial charge is 0.0161 e. The van der Waals surface area contributed by atoms with Gasteiger partial charge < -0.3 is 0 Å². The lowest BCUT2D eigenvalue weighted by atomic mass is 10.0. The molecule has 15 heavy (non-hydrogen) atoms. The summed E-state index contributed by atoms with van der Waals surface area (Å²) in [5.41, 5.74) is 5.37. The van der Waals surface area contributed by atoms with E-state index in [-0.39, 0.29) is 0 Å². The lowest BCUT2D eigenvalue weighted by molar-refractivity contribution is 1.27. The van der Waals surface area contributed by atoms with Crippen LogP contribution in [0.3, 0.4) is 0 Å². The Hall–Kier alpha value is -1.30. The largest absolute Gasteiger partial charge is 0.0821 e. The number of rotatable bonds is 3. The molecule has 0 radical (unpaired) electrons. The predicted molar refractivity (Wildman–Crippen MR) is 68.9 cm³/mol. The van der Waals surface area contributed by atoms with Crippen molar-refractivity contribution in [2.75, 3.05) is 0 Å². The normalized spacial score (nSPS) is 11.3. The Labute approximate surface area is 93.3 Å². The van der Waals surface area contributed by atoms with Crippen molar-refractivity contribution >= 4 is 5.57 Å². The van der Waals surface area contributed by atoms with Gasteiger partial charge in [0.15, 0.2) is 0 Å². The molecule has 0 saturated carbocycles. The Morgan fingerprint density at radius 3 is 2.13 bits per heavy atom. The maximum Gasteiger partial charge on any atom is -0.0161 e. The number of allylic oxidation sites excluding steroid dienone is 4. The number of hydrogen-bond acceptors (Lipinski definition) is 0. The zero-order valence-corrected chi connectivity index (χ0v) is 10.2. The summed E-state index contributed by atoms with van der Waals surface area (Å²) in [5, 5.41) is 0. The maximum atomic E-state index is 2.28. The van der Waals surface area contributed by atoms with Gasteiger partial charge in [-0.05, 0) is 45.3 Å². The fourth-order valence-corrected chi connectivity index (χ4v) is 1.41. The van der Waals surface area contributed by atoms with Crippen molar-refractivity contribution in [2.24, 2.45) is 0 Å². The molecule has 0 saturated heterocycles. The average Bonchev–Trinajstić information content (AvgIpc) is 2.18. The van der Waals surface area contributed by atoms with Gasteiger partial charge in [-0.15, -0.1) is 0 Å². The minimum Gasteiger partial charge on any atom is -0.0821 e. The van der Waals surface area contributed by atoms with Gasteiger partial charge >= 0.3 is 0 Å². The quantitative estimate of drug-likeness (QED) is 0.617. The third-order valence-electron chi connectivity index (χ3n) is 2.46. The molecule has 0 heteroatoms. The molecule has 0 aliphatic carbocycles. The highest BCUT2D eigenvalue weighted by Crippen LogP contribution is 2.15. The van der Waals surface area contributed by atoms with E-state index in [2.05, 4.69) is 64.1 Å². The van der Waals surface area contributed by atoms with Crippen LogP contribution in [0.2, 0.25) is 0 Å². The van der Waals surface area contributed by atoms with Crippen molar-refractivity contribution in [1.29, 1.82) is 0 Å². The van der Waals surface area contributed by atoms with E-state index in [1.807, 2.05) is 0 Å². The molecule has 0 fully saturated rings. The van der Waals surface area contributed by atoms with Crippen LogP contribution in [-0.4, -0.2) is 0 Å². The second-order valence-corrected chi connectivity index (χ2v) is 4.27. The monoisotopic (exact) mass is 200 g/mol. The zero-order chi connectivity index (χ0) is 11.3. The molecule has 0 amide bonds. The van der Waals surface area contributed by atoms with E-state index in [0.29, 0.717) is 0 Å². The minimum atomic E-state index is 1.03. The van der Waals surface area contributed by atoms with Crippen LogP contribution in [0.1, 0.15) is 38.3 Å². The Balaban J connectivity index is 2.71. The van der Waals surface area contributed by atoms with Crippen molar-refractivity contribution in [2.45, 2.75) is 34.1 Å². The summed E-state index contributed by atoms with van der Waals surface area (Å²) in [6, 6.07) is 8.69. The van der Waals surface area contributed by atoms with Gasteiger partial charge in [0.1, 0.15) is 0 Å². The number of aryl methyl sites for hydroxylation is 1. The van der Waals surface area contributed by atoms with E-state index in [9.17, 15) is 0 Å². The van der Waals surface area contributed by atoms with E-state index in [1.165, 1.54) is 22.3 Å². The second kappa shape index (κ2) is 5.55. The molecule has 0 heterocycles. The molecule has 1 aromatic rings. The molecule has 0 aliphatic rings. The minimum absolute atomic E-state index is 1.03. The fraction of sp³-hybridized carbons (Fsp3) is 0.333. The van der Waals surface area contributed by atoms with Crippen molar-refractivity contribution in [3.05, 3.63) is 53.1 Å². The zero-order valence-electron chi connectivity index (χ0n) is 10.2. The SMILES string of the molecule is CC(C)=CCC=C(C)c1ccc(C)cc1. The Bertz CT molecular complexity index is 360. The molecule has 1 aromatic carbocycles. The van der Waals surface area contributed by atoms with E-state index in [4.69, 9.17) is 0 Å². The number of hydrogen-bond donors (Lipinski definition) is 0. The molecule has 0 nitrogen and oxygen atoms in total. The summed E-state index contributed by atoms with van der Waals surface area (Å²) in [5.74, 6) is 0. The fourth-order valence-electron chi connectivity index (χ4n) is 1.41. The molecule has 1 rings (SSSR count). The first-order valence-corrected chi connectivity index (χ1v) is 5.47. The highest BCUT2D eigenvalue weighted by molar-refractivity contribution is 5.63. The highest BCUT2D eigenvalue weighted by atomic mass is 14.0. The molecule has 0 unspecified atom stereocenters. The first-order valence-electron chi connectivity index (χ1n) is 5.47. The molecule has 0 N–H and O–H groups in total. The van der Waals surface area contributed by atoms with E-state index >= 15 is 0 Å². The lowest BCUT2D eigenvalue weighted by Crippen LogP contribution is -1.80. The van der Waals surface area contributed by atoms with Crippen LogP contribution < -0.4 is 0 Å². The van der Waals surface area contributed by atoms with Crippen LogP contribution in [0, 0.1) is 6.92 Å². The van der Waals surface area contributed by atoms with Gasteiger partial charge in [-0.2, -0.15) is 0 Å². The molecule has 0 aromatic heterocycles. The van der Waals surface area contributed by atoms with E-state index in [1.54, 1.807) is 0 Å². The van der Waals surface area contributed by atoms with Crippen molar-refractivity contribution < 1.29 is 0 Å². The van der Waals surface area contributed by atoms with Gasteiger partial charge in [-0.25, -0.2) is 0 Å². The van der Waals surface area contributed by atoms with Gasteiger partial charge in [-0.3, -0.25) is 0 Å². The molecular formula is C15H20. The van der Waals surface area contributed by atoms with Crippen LogP contribution >= 0.6 is 0 Å². The third kappa shape index (κ3) is 4.16. The summed E-state index contributed by atoms with van der Waals surface area (Å²) in [6.45, 7) is 8.56. The molecule has 80 valence electrons. The summed E-state index contributed by atoms with van der Waals surface area (Å²) in [6.07, 6.45) is 5.55. The Morgan fingerprint density at radius 2 is 1.60 bits per heavy atom. The first kappa shape index (κ1) is 11.8. The van der Waals surface area contributed by atoms with Crippen LogP contribution in [0.15, 0.2) is 42.0 Å².